The van der Waals surface area contributed by atoms with E-state index >= 15 is 0 Å². The van der Waals surface area contributed by atoms with Crippen molar-refractivity contribution in [1.29, 1.82) is 0 Å². The highest BCUT2D eigenvalue weighted by Crippen LogP contribution is 1.84. The molecule has 2 nitrogen and oxygen atoms in total. The molecular formula is C5H11NO. The second-order valence-electron chi connectivity index (χ2n) is 1.65. The van der Waals surface area contributed by atoms with E-state index in [4.69, 9.17) is 10.8 Å². The van der Waals surface area contributed by atoms with Gasteiger partial charge in [-0.2, -0.15) is 0 Å². The maximum absolute atomic E-state index is 8.57. The predicted molar refractivity (Wildman–Crippen MR) is 29.6 cm³/mol. The van der Waals surface area contributed by atoms with E-state index in [-0.39, 0.29) is 0 Å². The van der Waals surface area contributed by atoms with Crippen LogP contribution < -0.4 is 5.73 Å². The van der Waals surface area contributed by atoms with E-state index < -0.39 is 6.10 Å². The predicted octanol–water partition coefficient (Wildman–Crippen LogP) is 0.230. The zero-order valence-corrected chi connectivity index (χ0v) is 4.68. The summed E-state index contributed by atoms with van der Waals surface area (Å²) in [4.78, 5) is 0. The molecule has 2 heteroatoms. The molecule has 0 radical (unpaired) electrons. The molecule has 42 valence electrons. The molecule has 0 aromatic heterocycles. The third-order valence-electron chi connectivity index (χ3n) is 0.504. The first-order valence-electron chi connectivity index (χ1n) is 2.25. The van der Waals surface area contributed by atoms with Crippen molar-refractivity contribution in [2.75, 3.05) is 0 Å². The summed E-state index contributed by atoms with van der Waals surface area (Å²) < 4.78 is 0. The molecule has 0 aromatic rings. The van der Waals surface area contributed by atoms with Crippen LogP contribution in [0.25, 0.3) is 0 Å². The molecule has 0 bridgehead atoms. The molecule has 3 N–H and O–H groups in total. The summed E-state index contributed by atoms with van der Waals surface area (Å²) in [5.74, 6) is 0. The molecule has 0 aliphatic heterocycles. The van der Waals surface area contributed by atoms with Crippen molar-refractivity contribution in [3.8, 4) is 0 Å². The molecule has 0 rings (SSSR count). The lowest BCUT2D eigenvalue weighted by Gasteiger charge is -1.93. The van der Waals surface area contributed by atoms with Gasteiger partial charge in [-0.05, 0) is 19.9 Å². The van der Waals surface area contributed by atoms with Crippen molar-refractivity contribution in [2.24, 2.45) is 5.73 Å². The van der Waals surface area contributed by atoms with E-state index in [0.717, 1.165) is 0 Å². The van der Waals surface area contributed by atoms with Gasteiger partial charge < -0.3 is 10.8 Å². The number of aliphatic hydroxyl groups is 1. The third-order valence-corrected chi connectivity index (χ3v) is 0.504. The third kappa shape index (κ3) is 5.50. The number of nitrogens with two attached hydrogens (primary N) is 1. The monoisotopic (exact) mass is 101 g/mol. The number of hydrogen-bond acceptors (Lipinski definition) is 2. The molecule has 1 unspecified atom stereocenters. The van der Waals surface area contributed by atoms with Crippen LogP contribution >= 0.6 is 0 Å². The van der Waals surface area contributed by atoms with Crippen LogP contribution in [0.5, 0.6) is 0 Å². The second-order valence-corrected chi connectivity index (χ2v) is 1.65. The summed E-state index contributed by atoms with van der Waals surface area (Å²) in [6.07, 6.45) is 1.17. The standard InChI is InChI=1S/C5H11NO/c1-4(6)3-5(2)7/h3,5,7H,6H2,1-2H3/b4-3-. The minimum Gasteiger partial charge on any atom is -0.402 e. The zero-order valence-electron chi connectivity index (χ0n) is 4.68. The van der Waals surface area contributed by atoms with Crippen LogP contribution in [0, 0.1) is 0 Å². The van der Waals surface area contributed by atoms with Gasteiger partial charge in [0.2, 0.25) is 0 Å². The maximum Gasteiger partial charge on any atom is 0.0712 e. The Bertz CT molecular complexity index is 72.1. The Balaban J connectivity index is 3.45. The number of aliphatic hydroxyl groups excluding tert-OH is 1. The van der Waals surface area contributed by atoms with Crippen LogP contribution in [-0.4, -0.2) is 11.2 Å². The van der Waals surface area contributed by atoms with Crippen molar-refractivity contribution in [1.82, 2.24) is 0 Å². The summed E-state index contributed by atoms with van der Waals surface area (Å²) in [6, 6.07) is 0. The van der Waals surface area contributed by atoms with Crippen LogP contribution in [0.4, 0.5) is 0 Å². The summed E-state index contributed by atoms with van der Waals surface area (Å²) in [7, 11) is 0. The van der Waals surface area contributed by atoms with Gasteiger partial charge in [-0.3, -0.25) is 0 Å². The van der Waals surface area contributed by atoms with Gasteiger partial charge in [-0.15, -0.1) is 0 Å². The Kier molecular flexibility index (Phi) is 2.45. The van der Waals surface area contributed by atoms with Crippen molar-refractivity contribution in [3.63, 3.8) is 0 Å². The molecule has 0 aromatic carbocycles. The minimum atomic E-state index is -0.412. The van der Waals surface area contributed by atoms with Crippen LogP contribution in [0.15, 0.2) is 11.8 Å². The van der Waals surface area contributed by atoms with Gasteiger partial charge in [0, 0.05) is 5.70 Å². The van der Waals surface area contributed by atoms with Crippen molar-refractivity contribution < 1.29 is 5.11 Å². The van der Waals surface area contributed by atoms with Gasteiger partial charge in [0.15, 0.2) is 0 Å². The number of allylic oxidation sites excluding steroid dienone is 1. The quantitative estimate of drug-likeness (QED) is 0.496. The average Bonchev–Trinajstić information content (AvgIpc) is 1.27. The first-order chi connectivity index (χ1) is 3.13. The highest BCUT2D eigenvalue weighted by atomic mass is 16.3. The lowest BCUT2D eigenvalue weighted by molar-refractivity contribution is 0.243. The Hall–Kier alpha value is -0.500. The molecule has 0 spiro atoms. The van der Waals surface area contributed by atoms with Crippen LogP contribution in [0.3, 0.4) is 0 Å². The van der Waals surface area contributed by atoms with E-state index in [0.29, 0.717) is 5.70 Å². The molecule has 7 heavy (non-hydrogen) atoms. The first-order valence-corrected chi connectivity index (χ1v) is 2.25. The van der Waals surface area contributed by atoms with Gasteiger partial charge in [0.1, 0.15) is 0 Å². The SMILES string of the molecule is C/C(N)=C/C(C)O. The number of hydrogen-bond donors (Lipinski definition) is 2. The fraction of sp³-hybridized carbons (Fsp3) is 0.600. The molecule has 1 atom stereocenters. The van der Waals surface area contributed by atoms with Crippen LogP contribution in [0.2, 0.25) is 0 Å². The van der Waals surface area contributed by atoms with Gasteiger partial charge in [0.05, 0.1) is 6.10 Å². The molecule has 0 fully saturated rings. The molecular weight excluding hydrogens is 90.1 g/mol. The molecule has 0 heterocycles. The van der Waals surface area contributed by atoms with Gasteiger partial charge in [-0.25, -0.2) is 0 Å². The van der Waals surface area contributed by atoms with Gasteiger partial charge in [-0.1, -0.05) is 0 Å². The molecule has 0 aliphatic carbocycles. The van der Waals surface area contributed by atoms with E-state index in [1.54, 1.807) is 19.9 Å². The van der Waals surface area contributed by atoms with Crippen LogP contribution in [-0.2, 0) is 0 Å². The van der Waals surface area contributed by atoms with E-state index in [1.807, 2.05) is 0 Å². The summed E-state index contributed by atoms with van der Waals surface area (Å²) in [5.41, 5.74) is 5.86. The lowest BCUT2D eigenvalue weighted by atomic mass is 10.3. The Morgan fingerprint density at radius 3 is 2.29 bits per heavy atom. The fourth-order valence-electron chi connectivity index (χ4n) is 0.380. The fourth-order valence-corrected chi connectivity index (χ4v) is 0.380. The topological polar surface area (TPSA) is 46.2 Å². The van der Waals surface area contributed by atoms with Gasteiger partial charge >= 0.3 is 0 Å². The average molecular weight is 101 g/mol. The summed E-state index contributed by atoms with van der Waals surface area (Å²) >= 11 is 0. The Labute approximate surface area is 43.6 Å². The lowest BCUT2D eigenvalue weighted by Crippen LogP contribution is -1.99. The highest BCUT2D eigenvalue weighted by Gasteiger charge is 1.84. The second kappa shape index (κ2) is 2.64. The Morgan fingerprint density at radius 1 is 1.86 bits per heavy atom. The minimum absolute atomic E-state index is 0.412. The van der Waals surface area contributed by atoms with Crippen molar-refractivity contribution in [3.05, 3.63) is 11.8 Å². The normalized spacial score (nSPS) is 16.7. The van der Waals surface area contributed by atoms with E-state index in [1.165, 1.54) is 0 Å². The molecule has 0 saturated carbocycles. The van der Waals surface area contributed by atoms with E-state index in [2.05, 4.69) is 0 Å². The molecule has 0 amide bonds. The molecule has 0 saturated heterocycles. The smallest absolute Gasteiger partial charge is 0.0712 e. The van der Waals surface area contributed by atoms with Crippen LogP contribution in [0.1, 0.15) is 13.8 Å². The highest BCUT2D eigenvalue weighted by molar-refractivity contribution is 4.94. The maximum atomic E-state index is 8.57. The first kappa shape index (κ1) is 6.50. The van der Waals surface area contributed by atoms with Crippen molar-refractivity contribution in [2.45, 2.75) is 20.0 Å². The number of rotatable bonds is 1. The Morgan fingerprint density at radius 2 is 2.29 bits per heavy atom. The summed E-state index contributed by atoms with van der Waals surface area (Å²) in [5, 5.41) is 8.57. The van der Waals surface area contributed by atoms with Crippen molar-refractivity contribution >= 4 is 0 Å². The largest absolute Gasteiger partial charge is 0.402 e. The zero-order chi connectivity index (χ0) is 5.86. The summed E-state index contributed by atoms with van der Waals surface area (Å²) in [6.45, 7) is 3.41. The molecule has 0 aliphatic rings. The van der Waals surface area contributed by atoms with E-state index in [9.17, 15) is 0 Å². The van der Waals surface area contributed by atoms with Gasteiger partial charge in [0.25, 0.3) is 0 Å².